The Labute approximate surface area is 167 Å². The Hall–Kier alpha value is -3.42. The molecule has 4 aromatic rings. The Kier molecular flexibility index (Phi) is 4.38. The zero-order chi connectivity index (χ0) is 19.8. The van der Waals surface area contributed by atoms with E-state index in [1.54, 1.807) is 17.1 Å². The van der Waals surface area contributed by atoms with Crippen LogP contribution in [0.2, 0.25) is 0 Å². The Morgan fingerprint density at radius 2 is 2.03 bits per heavy atom. The molecule has 1 aromatic carbocycles. The highest BCUT2D eigenvalue weighted by molar-refractivity contribution is 5.99. The second-order valence-corrected chi connectivity index (χ2v) is 7.70. The molecular formula is C21H23N7O. The lowest BCUT2D eigenvalue weighted by molar-refractivity contribution is 0.0691. The van der Waals surface area contributed by atoms with Gasteiger partial charge in [0.15, 0.2) is 0 Å². The van der Waals surface area contributed by atoms with Gasteiger partial charge in [0.2, 0.25) is 0 Å². The molecule has 8 heteroatoms. The van der Waals surface area contributed by atoms with Gasteiger partial charge >= 0.3 is 0 Å². The van der Waals surface area contributed by atoms with Crippen molar-refractivity contribution in [2.24, 2.45) is 13.0 Å². The Bertz CT molecular complexity index is 1110. The highest BCUT2D eigenvalue weighted by Crippen LogP contribution is 2.26. The molecule has 0 spiro atoms. The molecule has 8 nitrogen and oxygen atoms in total. The van der Waals surface area contributed by atoms with Crippen LogP contribution in [0.3, 0.4) is 0 Å². The molecular weight excluding hydrogens is 366 g/mol. The van der Waals surface area contributed by atoms with Crippen LogP contribution in [0.4, 0.5) is 0 Å². The Morgan fingerprint density at radius 3 is 2.79 bits per heavy atom. The van der Waals surface area contributed by atoms with Crippen molar-refractivity contribution in [1.29, 1.82) is 0 Å². The first-order valence-electron chi connectivity index (χ1n) is 9.92. The second-order valence-electron chi connectivity index (χ2n) is 7.70. The number of carbonyl (C=O) groups is 1. The minimum atomic E-state index is 0.0276. The fraction of sp³-hybridized carbons (Fsp3) is 0.333. The van der Waals surface area contributed by atoms with Gasteiger partial charge in [-0.3, -0.25) is 14.6 Å². The molecule has 5 rings (SSSR count). The largest absolute Gasteiger partial charge is 0.342 e. The Morgan fingerprint density at radius 1 is 1.21 bits per heavy atom. The van der Waals surface area contributed by atoms with E-state index in [1.807, 2.05) is 36.3 Å². The molecule has 4 heterocycles. The van der Waals surface area contributed by atoms with Crippen LogP contribution in [0.25, 0.3) is 22.3 Å². The average molecular weight is 389 g/mol. The van der Waals surface area contributed by atoms with E-state index < -0.39 is 0 Å². The fourth-order valence-corrected chi connectivity index (χ4v) is 4.10. The fourth-order valence-electron chi connectivity index (χ4n) is 4.10. The van der Waals surface area contributed by atoms with Crippen LogP contribution in [0.15, 0.2) is 42.9 Å². The van der Waals surface area contributed by atoms with E-state index in [2.05, 4.69) is 26.3 Å². The number of rotatable bonds is 4. The summed E-state index contributed by atoms with van der Waals surface area (Å²) < 4.78 is 1.72. The zero-order valence-corrected chi connectivity index (χ0v) is 16.3. The van der Waals surface area contributed by atoms with Crippen LogP contribution in [0, 0.1) is 5.92 Å². The van der Waals surface area contributed by atoms with Gasteiger partial charge in [0, 0.05) is 38.3 Å². The number of nitrogens with one attached hydrogen (secondary N) is 2. The van der Waals surface area contributed by atoms with E-state index in [-0.39, 0.29) is 5.91 Å². The predicted molar refractivity (Wildman–Crippen MR) is 109 cm³/mol. The third-order valence-corrected chi connectivity index (χ3v) is 5.69. The maximum atomic E-state index is 13.1. The van der Waals surface area contributed by atoms with E-state index in [4.69, 9.17) is 4.98 Å². The summed E-state index contributed by atoms with van der Waals surface area (Å²) in [7, 11) is 1.86. The van der Waals surface area contributed by atoms with Crippen LogP contribution in [-0.4, -0.2) is 53.8 Å². The predicted octanol–water partition coefficient (Wildman–Crippen LogP) is 2.78. The van der Waals surface area contributed by atoms with Crippen molar-refractivity contribution in [3.63, 3.8) is 0 Å². The van der Waals surface area contributed by atoms with Crippen molar-refractivity contribution in [3.8, 4) is 11.3 Å². The van der Waals surface area contributed by atoms with Crippen LogP contribution in [-0.2, 0) is 13.5 Å². The van der Waals surface area contributed by atoms with Gasteiger partial charge in [0.1, 0.15) is 5.82 Å². The summed E-state index contributed by atoms with van der Waals surface area (Å²) in [6.07, 6.45) is 8.11. The molecule has 0 aliphatic carbocycles. The third kappa shape index (κ3) is 3.41. The number of aromatic nitrogens is 6. The molecule has 1 aliphatic rings. The maximum absolute atomic E-state index is 13.1. The number of hydrogen-bond donors (Lipinski definition) is 2. The van der Waals surface area contributed by atoms with Crippen molar-refractivity contribution in [1.82, 2.24) is 34.8 Å². The highest BCUT2D eigenvalue weighted by atomic mass is 16.2. The van der Waals surface area contributed by atoms with Crippen LogP contribution in [0.1, 0.15) is 29.0 Å². The first kappa shape index (κ1) is 17.7. The molecule has 1 saturated heterocycles. The van der Waals surface area contributed by atoms with E-state index in [0.717, 1.165) is 60.5 Å². The lowest BCUT2D eigenvalue weighted by Gasteiger charge is -2.31. The molecule has 1 aliphatic heterocycles. The van der Waals surface area contributed by atoms with Crippen molar-refractivity contribution in [2.45, 2.75) is 19.3 Å². The summed E-state index contributed by atoms with van der Waals surface area (Å²) in [5.74, 6) is 1.59. The van der Waals surface area contributed by atoms with E-state index in [0.29, 0.717) is 11.5 Å². The van der Waals surface area contributed by atoms with Gasteiger partial charge in [-0.25, -0.2) is 4.98 Å². The number of para-hydroxylation sites is 2. The van der Waals surface area contributed by atoms with Crippen molar-refractivity contribution < 1.29 is 4.79 Å². The smallest absolute Gasteiger partial charge is 0.257 e. The zero-order valence-electron chi connectivity index (χ0n) is 16.3. The van der Waals surface area contributed by atoms with Crippen LogP contribution in [0.5, 0.6) is 0 Å². The highest BCUT2D eigenvalue weighted by Gasteiger charge is 2.27. The molecule has 0 unspecified atom stereocenters. The van der Waals surface area contributed by atoms with Gasteiger partial charge in [0.25, 0.3) is 5.91 Å². The topological polar surface area (TPSA) is 95.5 Å². The number of amides is 1. The van der Waals surface area contributed by atoms with Crippen LogP contribution >= 0.6 is 0 Å². The molecule has 1 fully saturated rings. The van der Waals surface area contributed by atoms with Gasteiger partial charge < -0.3 is 9.88 Å². The molecule has 148 valence electrons. The van der Waals surface area contributed by atoms with Gasteiger partial charge in [0.05, 0.1) is 34.7 Å². The van der Waals surface area contributed by atoms with Crippen molar-refractivity contribution in [3.05, 3.63) is 54.2 Å². The quantitative estimate of drug-likeness (QED) is 0.561. The molecule has 0 radical (unpaired) electrons. The number of hydrogen-bond acceptors (Lipinski definition) is 4. The first-order chi connectivity index (χ1) is 14.2. The normalized spacial score (nSPS) is 15.3. The van der Waals surface area contributed by atoms with E-state index >= 15 is 0 Å². The summed E-state index contributed by atoms with van der Waals surface area (Å²) in [5, 5.41) is 11.2. The number of likely N-dealkylation sites (tertiary alicyclic amines) is 1. The number of aromatic amines is 2. The minimum Gasteiger partial charge on any atom is -0.342 e. The minimum absolute atomic E-state index is 0.0276. The van der Waals surface area contributed by atoms with Crippen molar-refractivity contribution in [2.75, 3.05) is 13.1 Å². The SMILES string of the molecule is Cn1cc(-c2[nH]ncc2C(=O)N2CCC(Cc3nc4ccccc4[nH]3)CC2)cn1. The third-order valence-electron chi connectivity index (χ3n) is 5.69. The van der Waals surface area contributed by atoms with Gasteiger partial charge in [-0.15, -0.1) is 0 Å². The maximum Gasteiger partial charge on any atom is 0.257 e. The van der Waals surface area contributed by atoms with E-state index in [1.165, 1.54) is 0 Å². The van der Waals surface area contributed by atoms with Gasteiger partial charge in [-0.2, -0.15) is 10.2 Å². The number of piperidine rings is 1. The lowest BCUT2D eigenvalue weighted by atomic mass is 9.93. The molecule has 29 heavy (non-hydrogen) atoms. The number of H-pyrrole nitrogens is 2. The van der Waals surface area contributed by atoms with Crippen LogP contribution < -0.4 is 0 Å². The standard InChI is InChI=1S/C21H23N7O/c1-27-13-15(11-23-27)20-16(12-22-26-20)21(29)28-8-6-14(7-9-28)10-19-24-17-4-2-3-5-18(17)25-19/h2-5,11-14H,6-10H2,1H3,(H,22,26)(H,24,25). The number of imidazole rings is 1. The Balaban J connectivity index is 1.24. The summed E-state index contributed by atoms with van der Waals surface area (Å²) in [6.45, 7) is 1.50. The van der Waals surface area contributed by atoms with Crippen molar-refractivity contribution >= 4 is 16.9 Å². The van der Waals surface area contributed by atoms with Gasteiger partial charge in [-0.05, 0) is 30.9 Å². The summed E-state index contributed by atoms with van der Waals surface area (Å²) in [4.78, 5) is 23.1. The number of fused-ring (bicyclic) bond motifs is 1. The second kappa shape index (κ2) is 7.20. The summed E-state index contributed by atoms with van der Waals surface area (Å²) in [5.41, 5.74) is 4.30. The molecule has 1 amide bonds. The molecule has 3 aromatic heterocycles. The number of benzene rings is 1. The number of carbonyl (C=O) groups excluding carboxylic acids is 1. The number of aryl methyl sites for hydroxylation is 1. The lowest BCUT2D eigenvalue weighted by Crippen LogP contribution is -2.39. The first-order valence-corrected chi connectivity index (χ1v) is 9.92. The summed E-state index contributed by atoms with van der Waals surface area (Å²) >= 11 is 0. The summed E-state index contributed by atoms with van der Waals surface area (Å²) in [6, 6.07) is 8.11. The molecule has 0 bridgehead atoms. The molecule has 0 atom stereocenters. The average Bonchev–Trinajstić information content (AvgIpc) is 3.46. The number of nitrogens with zero attached hydrogens (tertiary/aromatic N) is 5. The van der Waals surface area contributed by atoms with Gasteiger partial charge in [-0.1, -0.05) is 12.1 Å². The monoisotopic (exact) mass is 389 g/mol. The van der Waals surface area contributed by atoms with E-state index in [9.17, 15) is 4.79 Å². The molecule has 0 saturated carbocycles. The molecule has 2 N–H and O–H groups in total.